The SMILES string of the molecule is CC(C)COC(=O)N=NC(=O)O[SiH](C(C)C)C(C)C. The van der Waals surface area contributed by atoms with Gasteiger partial charge in [0.25, 0.3) is 0 Å². The highest BCUT2D eigenvalue weighted by Gasteiger charge is 2.25. The number of carbonyl (C=O) groups is 2. The van der Waals surface area contributed by atoms with E-state index in [1.54, 1.807) is 0 Å². The fourth-order valence-electron chi connectivity index (χ4n) is 1.53. The Morgan fingerprint density at radius 1 is 0.947 bits per heavy atom. The molecule has 19 heavy (non-hydrogen) atoms. The van der Waals surface area contributed by atoms with Crippen LogP contribution >= 0.6 is 0 Å². The number of amides is 2. The lowest BCUT2D eigenvalue weighted by molar-refractivity contribution is 0.141. The largest absolute Gasteiger partial charge is 0.503 e. The van der Waals surface area contributed by atoms with Gasteiger partial charge in [0, 0.05) is 0 Å². The molecule has 0 unspecified atom stereocenters. The first kappa shape index (κ1) is 17.8. The lowest BCUT2D eigenvalue weighted by atomic mass is 10.2. The molecule has 110 valence electrons. The van der Waals surface area contributed by atoms with Crippen molar-refractivity contribution in [3.05, 3.63) is 0 Å². The summed E-state index contributed by atoms with van der Waals surface area (Å²) < 4.78 is 10.0. The van der Waals surface area contributed by atoms with Gasteiger partial charge in [0.15, 0.2) is 0 Å². The maximum atomic E-state index is 11.4. The van der Waals surface area contributed by atoms with E-state index >= 15 is 0 Å². The van der Waals surface area contributed by atoms with Gasteiger partial charge in [-0.25, -0.2) is 9.59 Å². The Hall–Kier alpha value is -1.24. The molecule has 6 nitrogen and oxygen atoms in total. The molecule has 0 atom stereocenters. The smallest absolute Gasteiger partial charge is 0.452 e. The highest BCUT2D eigenvalue weighted by Crippen LogP contribution is 2.21. The van der Waals surface area contributed by atoms with Crippen LogP contribution in [0.4, 0.5) is 9.59 Å². The Bertz CT molecular complexity index is 322. The van der Waals surface area contributed by atoms with E-state index in [4.69, 9.17) is 9.16 Å². The fourth-order valence-corrected chi connectivity index (χ4v) is 3.89. The van der Waals surface area contributed by atoms with E-state index in [0.717, 1.165) is 0 Å². The average Bonchev–Trinajstić information content (AvgIpc) is 2.29. The summed E-state index contributed by atoms with van der Waals surface area (Å²) in [6.45, 7) is 12.1. The van der Waals surface area contributed by atoms with Crippen molar-refractivity contribution in [2.24, 2.45) is 16.1 Å². The Balaban J connectivity index is 4.25. The Kier molecular flexibility index (Phi) is 8.21. The Morgan fingerprint density at radius 3 is 1.84 bits per heavy atom. The minimum atomic E-state index is -1.69. The quantitative estimate of drug-likeness (QED) is 0.567. The zero-order valence-electron chi connectivity index (χ0n) is 12.5. The first-order chi connectivity index (χ1) is 8.73. The summed E-state index contributed by atoms with van der Waals surface area (Å²) in [4.78, 5) is 22.6. The molecule has 0 aromatic rings. The van der Waals surface area contributed by atoms with Crippen molar-refractivity contribution in [1.29, 1.82) is 0 Å². The summed E-state index contributed by atoms with van der Waals surface area (Å²) >= 11 is 0. The topological polar surface area (TPSA) is 77.3 Å². The van der Waals surface area contributed by atoms with Crippen LogP contribution in [0, 0.1) is 5.92 Å². The van der Waals surface area contributed by atoms with E-state index in [2.05, 4.69) is 10.2 Å². The maximum Gasteiger partial charge on any atom is 0.452 e. The molecule has 0 N–H and O–H groups in total. The lowest BCUT2D eigenvalue weighted by Gasteiger charge is -2.21. The molecule has 0 aromatic carbocycles. The molecule has 0 saturated carbocycles. The summed E-state index contributed by atoms with van der Waals surface area (Å²) in [5, 5.41) is 6.41. The molecule has 0 bridgehead atoms. The van der Waals surface area contributed by atoms with E-state index in [9.17, 15) is 9.59 Å². The van der Waals surface area contributed by atoms with Gasteiger partial charge in [-0.1, -0.05) is 51.8 Å². The van der Waals surface area contributed by atoms with Crippen molar-refractivity contribution in [2.75, 3.05) is 6.61 Å². The monoisotopic (exact) mass is 288 g/mol. The van der Waals surface area contributed by atoms with Crippen molar-refractivity contribution in [1.82, 2.24) is 0 Å². The second-order valence-corrected chi connectivity index (χ2v) is 9.34. The third-order valence-corrected chi connectivity index (χ3v) is 5.41. The van der Waals surface area contributed by atoms with Crippen LogP contribution in [0.25, 0.3) is 0 Å². The molecule has 0 aliphatic rings. The first-order valence-electron chi connectivity index (χ1n) is 6.53. The maximum absolute atomic E-state index is 11.4. The van der Waals surface area contributed by atoms with Crippen molar-refractivity contribution in [3.63, 3.8) is 0 Å². The van der Waals surface area contributed by atoms with Gasteiger partial charge in [0.1, 0.15) is 0 Å². The number of hydrogen-bond donors (Lipinski definition) is 0. The summed E-state index contributed by atoms with van der Waals surface area (Å²) in [6.07, 6.45) is -1.67. The van der Waals surface area contributed by atoms with Crippen LogP contribution in [0.2, 0.25) is 11.1 Å². The molecule has 0 spiro atoms. The summed E-state index contributed by atoms with van der Waals surface area (Å²) in [5.74, 6) is 0.213. The van der Waals surface area contributed by atoms with Gasteiger partial charge >= 0.3 is 12.2 Å². The number of azo groups is 1. The van der Waals surface area contributed by atoms with Crippen molar-refractivity contribution in [3.8, 4) is 0 Å². The molecule has 0 radical (unpaired) electrons. The minimum Gasteiger partial charge on any atom is -0.503 e. The average molecular weight is 288 g/mol. The summed E-state index contributed by atoms with van der Waals surface area (Å²) in [5.41, 5.74) is 0.624. The summed E-state index contributed by atoms with van der Waals surface area (Å²) in [7, 11) is -1.69. The number of carbonyl (C=O) groups excluding carboxylic acids is 2. The normalized spacial score (nSPS) is 11.9. The zero-order valence-corrected chi connectivity index (χ0v) is 13.7. The molecule has 0 heterocycles. The number of hydrogen-bond acceptors (Lipinski definition) is 4. The van der Waals surface area contributed by atoms with Crippen LogP contribution in [0.1, 0.15) is 41.5 Å². The zero-order chi connectivity index (χ0) is 15.0. The van der Waals surface area contributed by atoms with Gasteiger partial charge < -0.3 is 9.16 Å². The first-order valence-corrected chi connectivity index (χ1v) is 8.33. The third-order valence-electron chi connectivity index (χ3n) is 2.30. The van der Waals surface area contributed by atoms with Gasteiger partial charge in [0.2, 0.25) is 9.04 Å². The van der Waals surface area contributed by atoms with Crippen LogP contribution in [0.5, 0.6) is 0 Å². The van der Waals surface area contributed by atoms with Crippen LogP contribution in [-0.4, -0.2) is 27.8 Å². The molecule has 0 rings (SSSR count). The molecule has 2 amide bonds. The minimum absolute atomic E-state index is 0.213. The molecule has 0 fully saturated rings. The van der Waals surface area contributed by atoms with Gasteiger partial charge in [-0.15, -0.1) is 0 Å². The molecular weight excluding hydrogens is 264 g/mol. The van der Waals surface area contributed by atoms with Gasteiger partial charge in [-0.2, -0.15) is 0 Å². The third kappa shape index (κ3) is 8.47. The highest BCUT2D eigenvalue weighted by molar-refractivity contribution is 6.56. The highest BCUT2D eigenvalue weighted by atomic mass is 28.3. The van der Waals surface area contributed by atoms with E-state index in [-0.39, 0.29) is 12.5 Å². The van der Waals surface area contributed by atoms with Gasteiger partial charge in [-0.05, 0) is 17.0 Å². The number of nitrogens with zero attached hydrogens (tertiary/aromatic N) is 2. The standard InChI is InChI=1S/C12H24N2O4Si/c1-8(2)7-17-11(15)13-14-12(16)18-19(9(3)4)10(5)6/h8-10,19H,7H2,1-6H3. The summed E-state index contributed by atoms with van der Waals surface area (Å²) in [6, 6.07) is 0. The Labute approximate surface area is 116 Å². The molecule has 7 heteroatoms. The van der Waals surface area contributed by atoms with Crippen LogP contribution in [0.3, 0.4) is 0 Å². The van der Waals surface area contributed by atoms with Crippen LogP contribution in [-0.2, 0) is 9.16 Å². The lowest BCUT2D eigenvalue weighted by Crippen LogP contribution is -2.27. The molecule has 0 aromatic heterocycles. The predicted octanol–water partition coefficient (Wildman–Crippen LogP) is 3.91. The number of ether oxygens (including phenoxy) is 1. The van der Waals surface area contributed by atoms with Gasteiger partial charge in [-0.3, -0.25) is 0 Å². The molecular formula is C12H24N2O4Si. The molecule has 0 aliphatic heterocycles. The second kappa shape index (κ2) is 8.79. The van der Waals surface area contributed by atoms with Crippen molar-refractivity contribution < 1.29 is 18.8 Å². The fraction of sp³-hybridized carbons (Fsp3) is 0.833. The van der Waals surface area contributed by atoms with E-state index in [0.29, 0.717) is 11.1 Å². The van der Waals surface area contributed by atoms with Crippen molar-refractivity contribution >= 4 is 21.2 Å². The Morgan fingerprint density at radius 2 is 1.42 bits per heavy atom. The second-order valence-electron chi connectivity index (χ2n) is 5.51. The molecule has 0 saturated heterocycles. The van der Waals surface area contributed by atoms with E-state index in [1.165, 1.54) is 0 Å². The van der Waals surface area contributed by atoms with Crippen LogP contribution < -0.4 is 0 Å². The van der Waals surface area contributed by atoms with Crippen molar-refractivity contribution in [2.45, 2.75) is 52.6 Å². The molecule has 0 aliphatic carbocycles. The van der Waals surface area contributed by atoms with Gasteiger partial charge in [0.05, 0.1) is 6.61 Å². The number of rotatable bonds is 5. The van der Waals surface area contributed by atoms with E-state index < -0.39 is 21.2 Å². The predicted molar refractivity (Wildman–Crippen MR) is 74.9 cm³/mol. The van der Waals surface area contributed by atoms with E-state index in [1.807, 2.05) is 41.5 Å². The van der Waals surface area contributed by atoms with Crippen LogP contribution in [0.15, 0.2) is 10.2 Å².